The van der Waals surface area contributed by atoms with E-state index in [0.29, 0.717) is 0 Å². The Balaban J connectivity index is 2.06. The molecule has 0 radical (unpaired) electrons. The van der Waals surface area contributed by atoms with Crippen LogP contribution in [0.4, 0.5) is 29.1 Å². The number of hydrogen-bond donors (Lipinski definition) is 4. The largest absolute Gasteiger partial charge is 0.474 e. The van der Waals surface area contributed by atoms with Crippen molar-refractivity contribution in [1.29, 1.82) is 0 Å². The molecule has 1 unspecified atom stereocenters. The van der Waals surface area contributed by atoms with Gasteiger partial charge in [0, 0.05) is 6.07 Å². The van der Waals surface area contributed by atoms with E-state index >= 15 is 0 Å². The second kappa shape index (κ2) is 9.89. The van der Waals surface area contributed by atoms with E-state index < -0.39 is 58.6 Å². The number of nitrogens with zero attached hydrogens (tertiary/aromatic N) is 1. The molecule has 1 atom stereocenters. The van der Waals surface area contributed by atoms with Gasteiger partial charge in [0.05, 0.1) is 23.6 Å². The van der Waals surface area contributed by atoms with E-state index in [-0.39, 0.29) is 17.4 Å². The zero-order valence-electron chi connectivity index (χ0n) is 15.6. The molecule has 2 aromatic rings. The molecule has 0 saturated heterocycles. The highest BCUT2D eigenvalue weighted by Crippen LogP contribution is 2.22. The van der Waals surface area contributed by atoms with Gasteiger partial charge >= 0.3 is 6.18 Å². The number of nitrogens with one attached hydrogen (secondary N) is 2. The number of anilines is 2. The van der Waals surface area contributed by atoms with Crippen LogP contribution in [0.25, 0.3) is 0 Å². The summed E-state index contributed by atoms with van der Waals surface area (Å²) in [6.45, 7) is -1.75. The topological polar surface area (TPSA) is 138 Å². The normalized spacial score (nSPS) is 12.8. The van der Waals surface area contributed by atoms with E-state index in [1.165, 1.54) is 18.2 Å². The van der Waals surface area contributed by atoms with Gasteiger partial charge in [-0.3, -0.25) is 9.52 Å². The lowest BCUT2D eigenvalue weighted by molar-refractivity contribution is -0.210. The number of rotatable bonds is 9. The Kier molecular flexibility index (Phi) is 7.75. The maximum Gasteiger partial charge on any atom is 0.417 e. The average molecular weight is 467 g/mol. The SMILES string of the molecule is O=C(Nc1cccc(OCC(O)C(F)(F)F)n1)c1ccc(NS(=O)(=O)CCO)cc1F. The first kappa shape index (κ1) is 24.3. The highest BCUT2D eigenvalue weighted by molar-refractivity contribution is 7.92. The standard InChI is InChI=1S/C17H17F4N3O6S/c18-12-8-10(24-31(28,29)7-6-25)4-5-11(12)16(27)23-14-2-1-3-15(22-14)30-9-13(26)17(19,20)21/h1-5,8,13,24-26H,6-7,9H2,(H,22,23,27). The highest BCUT2D eigenvalue weighted by atomic mass is 32.2. The Labute approximate surface area is 173 Å². The van der Waals surface area contributed by atoms with Gasteiger partial charge in [-0.1, -0.05) is 6.07 Å². The van der Waals surface area contributed by atoms with E-state index in [2.05, 4.69) is 10.3 Å². The van der Waals surface area contributed by atoms with E-state index in [9.17, 15) is 30.8 Å². The molecule has 4 N–H and O–H groups in total. The van der Waals surface area contributed by atoms with Gasteiger partial charge in [-0.25, -0.2) is 12.8 Å². The average Bonchev–Trinajstić information content (AvgIpc) is 2.65. The number of aromatic nitrogens is 1. The number of pyridine rings is 1. The van der Waals surface area contributed by atoms with Gasteiger partial charge in [0.1, 0.15) is 18.2 Å². The molecule has 170 valence electrons. The molecule has 2 rings (SSSR count). The molecule has 0 saturated carbocycles. The van der Waals surface area contributed by atoms with Crippen LogP contribution in [0, 0.1) is 5.82 Å². The smallest absolute Gasteiger partial charge is 0.417 e. The molecule has 0 fully saturated rings. The lowest BCUT2D eigenvalue weighted by Crippen LogP contribution is -2.34. The number of benzene rings is 1. The Hall–Kier alpha value is -2.97. The Bertz CT molecular complexity index is 1030. The van der Waals surface area contributed by atoms with E-state index in [1.54, 1.807) is 0 Å². The maximum atomic E-state index is 14.2. The number of carbonyl (C=O) groups excluding carboxylic acids is 1. The van der Waals surface area contributed by atoms with Crippen molar-refractivity contribution in [1.82, 2.24) is 4.98 Å². The molecule has 1 amide bonds. The molecule has 0 spiro atoms. The molecule has 9 nitrogen and oxygen atoms in total. The van der Waals surface area contributed by atoms with Crippen molar-refractivity contribution in [3.8, 4) is 5.88 Å². The van der Waals surface area contributed by atoms with Crippen LogP contribution in [0.15, 0.2) is 36.4 Å². The van der Waals surface area contributed by atoms with Crippen LogP contribution >= 0.6 is 0 Å². The zero-order chi connectivity index (χ0) is 23.2. The van der Waals surface area contributed by atoms with E-state index in [1.807, 2.05) is 4.72 Å². The van der Waals surface area contributed by atoms with Crippen molar-refractivity contribution in [2.75, 3.05) is 29.0 Å². The number of hydrogen-bond acceptors (Lipinski definition) is 7. The fraction of sp³-hybridized carbons (Fsp3) is 0.294. The molecule has 0 aliphatic rings. The first-order valence-corrected chi connectivity index (χ1v) is 10.1. The minimum absolute atomic E-state index is 0.167. The molecule has 0 aliphatic heterocycles. The van der Waals surface area contributed by atoms with Crippen LogP contribution in [0.2, 0.25) is 0 Å². The number of aliphatic hydroxyl groups excluding tert-OH is 2. The minimum Gasteiger partial charge on any atom is -0.474 e. The zero-order valence-corrected chi connectivity index (χ0v) is 16.4. The quantitative estimate of drug-likeness (QED) is 0.410. The fourth-order valence-corrected chi connectivity index (χ4v) is 2.95. The summed E-state index contributed by atoms with van der Waals surface area (Å²) in [6.07, 6.45) is -7.60. The van der Waals surface area contributed by atoms with Crippen molar-refractivity contribution in [3.63, 3.8) is 0 Å². The van der Waals surface area contributed by atoms with Crippen molar-refractivity contribution in [2.24, 2.45) is 0 Å². The second-order valence-corrected chi connectivity index (χ2v) is 7.86. The third-order valence-corrected chi connectivity index (χ3v) is 4.85. The van der Waals surface area contributed by atoms with Crippen LogP contribution in [0.1, 0.15) is 10.4 Å². The molecule has 0 aliphatic carbocycles. The fourth-order valence-electron chi connectivity index (χ4n) is 2.12. The van der Waals surface area contributed by atoms with Crippen LogP contribution in [-0.4, -0.2) is 60.8 Å². The van der Waals surface area contributed by atoms with Crippen LogP contribution in [-0.2, 0) is 10.0 Å². The molecule has 1 aromatic heterocycles. The maximum absolute atomic E-state index is 14.2. The number of aliphatic hydroxyl groups is 2. The summed E-state index contributed by atoms with van der Waals surface area (Å²) in [6, 6.07) is 6.63. The van der Waals surface area contributed by atoms with Gasteiger partial charge < -0.3 is 20.3 Å². The Morgan fingerprint density at radius 3 is 2.55 bits per heavy atom. The summed E-state index contributed by atoms with van der Waals surface area (Å²) >= 11 is 0. The molecule has 1 heterocycles. The van der Waals surface area contributed by atoms with Gasteiger partial charge in [-0.05, 0) is 24.3 Å². The summed E-state index contributed by atoms with van der Waals surface area (Å²) in [5.41, 5.74) is -0.634. The minimum atomic E-state index is -4.87. The highest BCUT2D eigenvalue weighted by Gasteiger charge is 2.38. The predicted octanol–water partition coefficient (Wildman–Crippen LogP) is 1.51. The van der Waals surface area contributed by atoms with Gasteiger partial charge in [-0.2, -0.15) is 18.2 Å². The second-order valence-electron chi connectivity index (χ2n) is 6.02. The number of sulfonamides is 1. The van der Waals surface area contributed by atoms with Crippen LogP contribution < -0.4 is 14.8 Å². The van der Waals surface area contributed by atoms with Gasteiger partial charge in [0.15, 0.2) is 6.10 Å². The van der Waals surface area contributed by atoms with Crippen molar-refractivity contribution < 1.29 is 45.7 Å². The van der Waals surface area contributed by atoms with Gasteiger partial charge in [0.2, 0.25) is 15.9 Å². The van der Waals surface area contributed by atoms with Crippen molar-refractivity contribution >= 4 is 27.4 Å². The molecule has 0 bridgehead atoms. The Morgan fingerprint density at radius 1 is 1.23 bits per heavy atom. The molecular formula is C17H17F4N3O6S. The molecule has 31 heavy (non-hydrogen) atoms. The number of halogens is 4. The first-order valence-electron chi connectivity index (χ1n) is 8.48. The number of carbonyl (C=O) groups is 1. The summed E-state index contributed by atoms with van der Waals surface area (Å²) in [5, 5.41) is 19.8. The third kappa shape index (κ3) is 7.34. The van der Waals surface area contributed by atoms with Crippen LogP contribution in [0.5, 0.6) is 5.88 Å². The van der Waals surface area contributed by atoms with E-state index in [0.717, 1.165) is 18.2 Å². The lowest BCUT2D eigenvalue weighted by Gasteiger charge is -2.15. The van der Waals surface area contributed by atoms with Crippen LogP contribution in [0.3, 0.4) is 0 Å². The van der Waals surface area contributed by atoms with Gasteiger partial charge in [-0.15, -0.1) is 0 Å². The van der Waals surface area contributed by atoms with Crippen molar-refractivity contribution in [3.05, 3.63) is 47.8 Å². The van der Waals surface area contributed by atoms with Gasteiger partial charge in [0.25, 0.3) is 5.91 Å². The first-order chi connectivity index (χ1) is 14.4. The summed E-state index contributed by atoms with van der Waals surface area (Å²) in [4.78, 5) is 16.0. The van der Waals surface area contributed by atoms with Crippen molar-refractivity contribution in [2.45, 2.75) is 12.3 Å². The molecule has 14 heteroatoms. The number of alkyl halides is 3. The molecular weight excluding hydrogens is 450 g/mol. The Morgan fingerprint density at radius 2 is 1.94 bits per heavy atom. The number of amides is 1. The monoisotopic (exact) mass is 467 g/mol. The third-order valence-electron chi connectivity index (χ3n) is 3.58. The summed E-state index contributed by atoms with van der Waals surface area (Å²) < 4.78 is 81.1. The summed E-state index contributed by atoms with van der Waals surface area (Å²) in [7, 11) is -3.89. The summed E-state index contributed by atoms with van der Waals surface area (Å²) in [5.74, 6) is -3.13. The predicted molar refractivity (Wildman–Crippen MR) is 101 cm³/mol. The lowest BCUT2D eigenvalue weighted by atomic mass is 10.2. The molecule has 1 aromatic carbocycles. The number of ether oxygens (including phenoxy) is 1. The van der Waals surface area contributed by atoms with E-state index in [4.69, 9.17) is 14.9 Å².